The number of methoxy groups -OCH3 is 2. The molecular weight excluding hydrogens is 480 g/mol. The van der Waals surface area contributed by atoms with E-state index >= 15 is 0 Å². The van der Waals surface area contributed by atoms with Crippen molar-refractivity contribution in [2.24, 2.45) is 0 Å². The second-order valence-corrected chi connectivity index (χ2v) is 13.9. The zero-order valence-corrected chi connectivity index (χ0v) is 22.9. The van der Waals surface area contributed by atoms with E-state index in [1.54, 1.807) is 14.2 Å². The van der Waals surface area contributed by atoms with E-state index in [2.05, 4.69) is 121 Å². The molecule has 5 heteroatoms. The summed E-state index contributed by atoms with van der Waals surface area (Å²) in [6.07, 6.45) is 0. The van der Waals surface area contributed by atoms with E-state index in [1.807, 2.05) is 0 Å². The first-order chi connectivity index (χ1) is 17.7. The highest BCUT2D eigenvalue weighted by atomic mass is 31.1. The van der Waals surface area contributed by atoms with E-state index in [0.29, 0.717) is 11.3 Å². The molecule has 0 aliphatic carbocycles. The number of rotatable bonds is 8. The van der Waals surface area contributed by atoms with Gasteiger partial charge in [0.15, 0.2) is 0 Å². The Bertz CT molecular complexity index is 1170. The van der Waals surface area contributed by atoms with Crippen LogP contribution in [0.5, 0.6) is 11.5 Å². The van der Waals surface area contributed by atoms with Crippen molar-refractivity contribution in [1.82, 2.24) is 4.90 Å². The number of para-hydroxylation sites is 2. The van der Waals surface area contributed by atoms with Gasteiger partial charge in [0.2, 0.25) is 0 Å². The maximum atomic E-state index is 5.92. The van der Waals surface area contributed by atoms with Gasteiger partial charge in [-0.15, -0.1) is 0 Å². The predicted octanol–water partition coefficient (Wildman–Crippen LogP) is 4.95. The molecule has 1 aliphatic heterocycles. The predicted molar refractivity (Wildman–Crippen MR) is 156 cm³/mol. The van der Waals surface area contributed by atoms with Crippen molar-refractivity contribution in [1.29, 1.82) is 0 Å². The molecule has 4 atom stereocenters. The van der Waals surface area contributed by atoms with Crippen molar-refractivity contribution >= 4 is 37.1 Å². The summed E-state index contributed by atoms with van der Waals surface area (Å²) in [6.45, 7) is 2.12. The van der Waals surface area contributed by atoms with Gasteiger partial charge in [0.25, 0.3) is 0 Å². The van der Waals surface area contributed by atoms with Crippen molar-refractivity contribution in [3.63, 3.8) is 0 Å². The van der Waals surface area contributed by atoms with E-state index in [9.17, 15) is 0 Å². The molecule has 4 aromatic rings. The quantitative estimate of drug-likeness (QED) is 0.311. The smallest absolute Gasteiger partial charge is 0.126 e. The molecule has 2 unspecified atom stereocenters. The molecular formula is C31H33NO2P2. The average Bonchev–Trinajstić information content (AvgIpc) is 3.31. The van der Waals surface area contributed by atoms with Crippen molar-refractivity contribution in [3.8, 4) is 11.5 Å². The van der Waals surface area contributed by atoms with E-state index in [1.165, 1.54) is 21.2 Å². The van der Waals surface area contributed by atoms with Gasteiger partial charge in [0, 0.05) is 35.0 Å². The molecule has 0 radical (unpaired) electrons. The monoisotopic (exact) mass is 513 g/mol. The lowest BCUT2D eigenvalue weighted by Crippen LogP contribution is -2.34. The minimum atomic E-state index is -0.663. The van der Waals surface area contributed by atoms with Crippen LogP contribution in [-0.2, 0) is 0 Å². The molecule has 0 aromatic heterocycles. The Morgan fingerprint density at radius 3 is 1.31 bits per heavy atom. The minimum Gasteiger partial charge on any atom is -0.496 e. The van der Waals surface area contributed by atoms with Gasteiger partial charge in [-0.1, -0.05) is 97.1 Å². The lowest BCUT2D eigenvalue weighted by atomic mass is 10.3. The molecule has 1 aliphatic rings. The molecule has 1 saturated heterocycles. The number of hydrogen-bond acceptors (Lipinski definition) is 3. The summed E-state index contributed by atoms with van der Waals surface area (Å²) in [7, 11) is 4.53. The van der Waals surface area contributed by atoms with Crippen LogP contribution in [0.4, 0.5) is 0 Å². The van der Waals surface area contributed by atoms with Gasteiger partial charge in [0.05, 0.1) is 14.2 Å². The van der Waals surface area contributed by atoms with Crippen LogP contribution in [0.25, 0.3) is 0 Å². The number of benzene rings is 4. The molecule has 3 nitrogen and oxygen atoms in total. The Balaban J connectivity index is 1.69. The summed E-state index contributed by atoms with van der Waals surface area (Å²) in [5.41, 5.74) is 0.944. The van der Waals surface area contributed by atoms with Crippen LogP contribution in [-0.4, -0.2) is 50.6 Å². The van der Waals surface area contributed by atoms with Crippen LogP contribution >= 0.6 is 15.8 Å². The molecule has 0 bridgehead atoms. The Morgan fingerprint density at radius 1 is 0.556 bits per heavy atom. The van der Waals surface area contributed by atoms with Crippen LogP contribution in [0.1, 0.15) is 0 Å². The van der Waals surface area contributed by atoms with E-state index in [4.69, 9.17) is 9.47 Å². The Labute approximate surface area is 217 Å². The standard InChI is InChI=1S/C31H33NO2P2/c1-32-22-30(35(24-14-6-4-7-15-24)28-20-12-10-18-26(28)33-2)31(23-32)36(25-16-8-5-9-17-25)29-21-13-11-19-27(29)34-3/h4-21,30-31H,22-23H2,1-3H3/t30?,31?,35-,36+. The summed E-state index contributed by atoms with van der Waals surface area (Å²) in [6, 6.07) is 39.4. The van der Waals surface area contributed by atoms with Gasteiger partial charge >= 0.3 is 0 Å². The van der Waals surface area contributed by atoms with Crippen LogP contribution < -0.4 is 30.7 Å². The molecule has 0 amide bonds. The second kappa shape index (κ2) is 11.6. The largest absolute Gasteiger partial charge is 0.496 e. The van der Waals surface area contributed by atoms with E-state index in [-0.39, 0.29) is 0 Å². The van der Waals surface area contributed by atoms with Crippen molar-refractivity contribution in [2.75, 3.05) is 34.4 Å². The number of likely N-dealkylation sites (tertiary alicyclic amines) is 1. The second-order valence-electron chi connectivity index (χ2n) is 9.11. The average molecular weight is 514 g/mol. The highest BCUT2D eigenvalue weighted by Gasteiger charge is 2.44. The first-order valence-electron chi connectivity index (χ1n) is 12.3. The summed E-state index contributed by atoms with van der Waals surface area (Å²) < 4.78 is 11.8. The van der Waals surface area contributed by atoms with Crippen LogP contribution in [0.3, 0.4) is 0 Å². The molecule has 4 aromatic carbocycles. The normalized spacial score (nSPS) is 19.5. The topological polar surface area (TPSA) is 21.7 Å². The van der Waals surface area contributed by atoms with Gasteiger partial charge in [-0.2, -0.15) is 0 Å². The fourth-order valence-corrected chi connectivity index (χ4v) is 12.2. The minimum absolute atomic E-state index is 0.472. The third-order valence-corrected chi connectivity index (χ3v) is 13.0. The summed E-state index contributed by atoms with van der Waals surface area (Å²) in [5, 5.41) is 5.47. The molecule has 0 saturated carbocycles. The van der Waals surface area contributed by atoms with Crippen molar-refractivity contribution in [2.45, 2.75) is 11.3 Å². The van der Waals surface area contributed by atoms with Gasteiger partial charge in [-0.05, 0) is 45.6 Å². The highest BCUT2D eigenvalue weighted by molar-refractivity contribution is 7.77. The molecule has 1 heterocycles. The Hall–Kier alpha value is -2.70. The third-order valence-electron chi connectivity index (χ3n) is 6.86. The van der Waals surface area contributed by atoms with Crippen LogP contribution in [0, 0.1) is 0 Å². The zero-order chi connectivity index (χ0) is 24.9. The van der Waals surface area contributed by atoms with E-state index in [0.717, 1.165) is 24.6 Å². The SMILES string of the molecule is COc1ccccc1[P@@](c1ccccc1)C1CN(C)CC1[P@@](c1ccccc1)c1ccccc1OC. The van der Waals surface area contributed by atoms with Crippen molar-refractivity contribution in [3.05, 3.63) is 109 Å². The lowest BCUT2D eigenvalue weighted by Gasteiger charge is -2.35. The van der Waals surface area contributed by atoms with Crippen LogP contribution in [0.15, 0.2) is 109 Å². The molecule has 36 heavy (non-hydrogen) atoms. The molecule has 184 valence electrons. The first-order valence-corrected chi connectivity index (χ1v) is 15.2. The number of hydrogen-bond donors (Lipinski definition) is 0. The van der Waals surface area contributed by atoms with Gasteiger partial charge < -0.3 is 14.4 Å². The van der Waals surface area contributed by atoms with E-state index < -0.39 is 15.8 Å². The zero-order valence-electron chi connectivity index (χ0n) is 21.1. The lowest BCUT2D eigenvalue weighted by molar-refractivity contribution is 0.417. The summed E-state index contributed by atoms with van der Waals surface area (Å²) >= 11 is 0. The third kappa shape index (κ3) is 5.07. The molecule has 5 rings (SSSR count). The summed E-state index contributed by atoms with van der Waals surface area (Å²) in [4.78, 5) is 2.52. The Morgan fingerprint density at radius 2 is 0.917 bits per heavy atom. The fourth-order valence-electron chi connectivity index (χ4n) is 5.32. The highest BCUT2D eigenvalue weighted by Crippen LogP contribution is 2.55. The summed E-state index contributed by atoms with van der Waals surface area (Å²) in [5.74, 6) is 1.98. The number of nitrogens with zero attached hydrogens (tertiary/aromatic N) is 1. The Kier molecular flexibility index (Phi) is 8.02. The first kappa shape index (κ1) is 25.0. The van der Waals surface area contributed by atoms with Gasteiger partial charge in [0.1, 0.15) is 11.5 Å². The maximum absolute atomic E-state index is 5.92. The van der Waals surface area contributed by atoms with Gasteiger partial charge in [-0.25, -0.2) is 0 Å². The van der Waals surface area contributed by atoms with Gasteiger partial charge in [-0.3, -0.25) is 0 Å². The fraction of sp³-hybridized carbons (Fsp3) is 0.226. The molecule has 0 spiro atoms. The van der Waals surface area contributed by atoms with Crippen molar-refractivity contribution < 1.29 is 9.47 Å². The van der Waals surface area contributed by atoms with Crippen LogP contribution in [0.2, 0.25) is 0 Å². The molecule has 0 N–H and O–H groups in total. The maximum Gasteiger partial charge on any atom is 0.126 e. The number of ether oxygens (including phenoxy) is 2. The molecule has 1 fully saturated rings.